The van der Waals surface area contributed by atoms with E-state index < -0.39 is 0 Å². The molecule has 2 heteroatoms. The number of rotatable bonds is 1. The van der Waals surface area contributed by atoms with Crippen molar-refractivity contribution in [1.82, 2.24) is 0 Å². The van der Waals surface area contributed by atoms with E-state index in [1.165, 1.54) is 0 Å². The molecule has 1 heterocycles. The molecule has 0 atom stereocenters. The van der Waals surface area contributed by atoms with Gasteiger partial charge in [-0.25, -0.2) is 0 Å². The zero-order valence-electron chi connectivity index (χ0n) is 5.94. The van der Waals surface area contributed by atoms with E-state index in [4.69, 9.17) is 9.47 Å². The summed E-state index contributed by atoms with van der Waals surface area (Å²) in [5.74, 6) is 0. The summed E-state index contributed by atoms with van der Waals surface area (Å²) < 4.78 is 10.3. The van der Waals surface area contributed by atoms with Crippen LogP contribution < -0.4 is 0 Å². The number of benzene rings is 1. The van der Waals surface area contributed by atoms with Crippen molar-refractivity contribution < 1.29 is 9.47 Å². The molecule has 0 unspecified atom stereocenters. The molecule has 56 valence electrons. The Kier molecular flexibility index (Phi) is 1.52. The smallest absolute Gasteiger partial charge is 0.266 e. The fourth-order valence-electron chi connectivity index (χ4n) is 1.01. The van der Waals surface area contributed by atoms with Gasteiger partial charge in [0.2, 0.25) is 0 Å². The van der Waals surface area contributed by atoms with E-state index in [0.29, 0.717) is 0 Å². The van der Waals surface area contributed by atoms with Gasteiger partial charge in [0, 0.05) is 5.56 Å². The van der Waals surface area contributed by atoms with Crippen LogP contribution in [0, 0.1) is 0 Å². The molecule has 0 bridgehead atoms. The molecule has 1 aliphatic heterocycles. The van der Waals surface area contributed by atoms with Crippen molar-refractivity contribution in [2.45, 2.75) is 6.29 Å². The maximum absolute atomic E-state index is 5.14. The molecule has 0 aromatic heterocycles. The van der Waals surface area contributed by atoms with Crippen LogP contribution in [0.15, 0.2) is 42.9 Å². The minimum atomic E-state index is -0.240. The molecule has 0 saturated heterocycles. The maximum atomic E-state index is 5.14. The Bertz CT molecular complexity index is 246. The molecule has 2 rings (SSSR count). The standard InChI is InChI=1S/C9H8O2/c1-2-4-8(5-3-1)9-10-6-7-11-9/h1-7,9H. The third-order valence-corrected chi connectivity index (χ3v) is 1.53. The molecule has 1 aromatic carbocycles. The van der Waals surface area contributed by atoms with E-state index in [0.717, 1.165) is 5.56 Å². The van der Waals surface area contributed by atoms with Crippen LogP contribution in [0.4, 0.5) is 0 Å². The average Bonchev–Trinajstić information content (AvgIpc) is 2.58. The highest BCUT2D eigenvalue weighted by Crippen LogP contribution is 2.22. The van der Waals surface area contributed by atoms with Gasteiger partial charge in [-0.1, -0.05) is 30.3 Å². The van der Waals surface area contributed by atoms with Gasteiger partial charge in [0.25, 0.3) is 6.29 Å². The van der Waals surface area contributed by atoms with Crippen molar-refractivity contribution in [1.29, 1.82) is 0 Å². The lowest BCUT2D eigenvalue weighted by atomic mass is 10.2. The van der Waals surface area contributed by atoms with Crippen LogP contribution in [0.25, 0.3) is 0 Å². The van der Waals surface area contributed by atoms with Crippen molar-refractivity contribution >= 4 is 0 Å². The lowest BCUT2D eigenvalue weighted by Gasteiger charge is -2.08. The topological polar surface area (TPSA) is 18.5 Å². The highest BCUT2D eigenvalue weighted by molar-refractivity contribution is 5.16. The van der Waals surface area contributed by atoms with Gasteiger partial charge in [-0.05, 0) is 0 Å². The molecule has 1 aliphatic rings. The average molecular weight is 148 g/mol. The summed E-state index contributed by atoms with van der Waals surface area (Å²) in [4.78, 5) is 0. The molecule has 11 heavy (non-hydrogen) atoms. The van der Waals surface area contributed by atoms with Crippen molar-refractivity contribution in [3.05, 3.63) is 48.4 Å². The van der Waals surface area contributed by atoms with Crippen LogP contribution in [-0.4, -0.2) is 0 Å². The molecular weight excluding hydrogens is 140 g/mol. The zero-order chi connectivity index (χ0) is 7.52. The van der Waals surface area contributed by atoms with Crippen LogP contribution in [0.2, 0.25) is 0 Å². The number of ether oxygens (including phenoxy) is 2. The Morgan fingerprint density at radius 2 is 1.55 bits per heavy atom. The van der Waals surface area contributed by atoms with Crippen molar-refractivity contribution in [2.75, 3.05) is 0 Å². The van der Waals surface area contributed by atoms with Crippen LogP contribution >= 0.6 is 0 Å². The Morgan fingerprint density at radius 1 is 0.909 bits per heavy atom. The van der Waals surface area contributed by atoms with Gasteiger partial charge in [-0.2, -0.15) is 0 Å². The molecule has 0 saturated carbocycles. The fourth-order valence-corrected chi connectivity index (χ4v) is 1.01. The van der Waals surface area contributed by atoms with Gasteiger partial charge in [0.1, 0.15) is 12.5 Å². The van der Waals surface area contributed by atoms with Crippen molar-refractivity contribution in [2.24, 2.45) is 0 Å². The van der Waals surface area contributed by atoms with E-state index >= 15 is 0 Å². The molecule has 2 nitrogen and oxygen atoms in total. The molecule has 0 fully saturated rings. The lowest BCUT2D eigenvalue weighted by molar-refractivity contribution is -0.0245. The molecule has 0 amide bonds. The molecular formula is C9H8O2. The minimum Gasteiger partial charge on any atom is -0.455 e. The third-order valence-electron chi connectivity index (χ3n) is 1.53. The fraction of sp³-hybridized carbons (Fsp3) is 0.111. The second-order valence-corrected chi connectivity index (χ2v) is 2.29. The predicted octanol–water partition coefficient (Wildman–Crippen LogP) is 2.20. The number of hydrogen-bond donors (Lipinski definition) is 0. The first-order valence-corrected chi connectivity index (χ1v) is 3.48. The third kappa shape index (κ3) is 1.19. The summed E-state index contributed by atoms with van der Waals surface area (Å²) >= 11 is 0. The highest BCUT2D eigenvalue weighted by Gasteiger charge is 2.13. The molecule has 0 spiro atoms. The van der Waals surface area contributed by atoms with Gasteiger partial charge in [-0.3, -0.25) is 0 Å². The largest absolute Gasteiger partial charge is 0.455 e. The first kappa shape index (κ1) is 6.28. The summed E-state index contributed by atoms with van der Waals surface area (Å²) in [6.45, 7) is 0. The van der Waals surface area contributed by atoms with Crippen LogP contribution in [-0.2, 0) is 9.47 Å². The van der Waals surface area contributed by atoms with Gasteiger partial charge in [0.15, 0.2) is 0 Å². The minimum absolute atomic E-state index is 0.240. The first-order chi connectivity index (χ1) is 5.47. The molecule has 1 aromatic rings. The van der Waals surface area contributed by atoms with Crippen molar-refractivity contribution in [3.63, 3.8) is 0 Å². The van der Waals surface area contributed by atoms with Gasteiger partial charge >= 0.3 is 0 Å². The maximum Gasteiger partial charge on any atom is 0.266 e. The summed E-state index contributed by atoms with van der Waals surface area (Å²) in [6, 6.07) is 9.82. The van der Waals surface area contributed by atoms with E-state index in [1.807, 2.05) is 30.3 Å². The van der Waals surface area contributed by atoms with E-state index in [2.05, 4.69) is 0 Å². The SMILES string of the molecule is C1=COC(c2ccccc2)O1. The van der Waals surface area contributed by atoms with Gasteiger partial charge in [-0.15, -0.1) is 0 Å². The van der Waals surface area contributed by atoms with Gasteiger partial charge < -0.3 is 9.47 Å². The Balaban J connectivity index is 2.17. The number of hydrogen-bond acceptors (Lipinski definition) is 2. The van der Waals surface area contributed by atoms with E-state index in [9.17, 15) is 0 Å². The summed E-state index contributed by atoms with van der Waals surface area (Å²) in [5, 5.41) is 0. The Hall–Kier alpha value is -1.44. The van der Waals surface area contributed by atoms with Gasteiger partial charge in [0.05, 0.1) is 0 Å². The first-order valence-electron chi connectivity index (χ1n) is 3.48. The van der Waals surface area contributed by atoms with Crippen molar-refractivity contribution in [3.8, 4) is 0 Å². The molecule has 0 N–H and O–H groups in total. The van der Waals surface area contributed by atoms with Crippen LogP contribution in [0.3, 0.4) is 0 Å². The molecule has 0 radical (unpaired) electrons. The van der Waals surface area contributed by atoms with Crippen LogP contribution in [0.1, 0.15) is 11.9 Å². The van der Waals surface area contributed by atoms with E-state index in [1.54, 1.807) is 12.5 Å². The zero-order valence-corrected chi connectivity index (χ0v) is 5.94. The predicted molar refractivity (Wildman–Crippen MR) is 40.5 cm³/mol. The second-order valence-electron chi connectivity index (χ2n) is 2.29. The van der Waals surface area contributed by atoms with E-state index in [-0.39, 0.29) is 6.29 Å². The Labute approximate surface area is 65.1 Å². The quantitative estimate of drug-likeness (QED) is 0.607. The summed E-state index contributed by atoms with van der Waals surface area (Å²) in [6.07, 6.45) is 2.87. The summed E-state index contributed by atoms with van der Waals surface area (Å²) in [7, 11) is 0. The summed E-state index contributed by atoms with van der Waals surface area (Å²) in [5.41, 5.74) is 1.04. The monoisotopic (exact) mass is 148 g/mol. The molecule has 0 aliphatic carbocycles. The lowest BCUT2D eigenvalue weighted by Crippen LogP contribution is -1.96. The normalized spacial score (nSPS) is 16.0. The van der Waals surface area contributed by atoms with Crippen LogP contribution in [0.5, 0.6) is 0 Å². The highest BCUT2D eigenvalue weighted by atomic mass is 16.7. The Morgan fingerprint density at radius 3 is 2.18 bits per heavy atom. The second kappa shape index (κ2) is 2.66.